The minimum absolute atomic E-state index is 0.226. The van der Waals surface area contributed by atoms with Gasteiger partial charge in [0, 0.05) is 31.4 Å². The Morgan fingerprint density at radius 3 is 2.70 bits per heavy atom. The van der Waals surface area contributed by atoms with Crippen LogP contribution in [0.2, 0.25) is 0 Å². The van der Waals surface area contributed by atoms with E-state index in [9.17, 15) is 0 Å². The average Bonchev–Trinajstić information content (AvgIpc) is 2.99. The summed E-state index contributed by atoms with van der Waals surface area (Å²) in [6.07, 6.45) is 3.80. The van der Waals surface area contributed by atoms with E-state index in [1.807, 2.05) is 30.8 Å². The van der Waals surface area contributed by atoms with Gasteiger partial charge in [0.2, 0.25) is 0 Å². The van der Waals surface area contributed by atoms with Crippen LogP contribution in [0, 0.1) is 6.92 Å². The number of rotatable bonds is 6. The Kier molecular flexibility index (Phi) is 4.62. The Morgan fingerprint density at radius 1 is 1.45 bits per heavy atom. The maximum absolute atomic E-state index is 5.52. The van der Waals surface area contributed by atoms with E-state index in [-0.39, 0.29) is 12.1 Å². The fourth-order valence-corrected chi connectivity index (χ4v) is 2.46. The molecular formula is C15H24N4O. The van der Waals surface area contributed by atoms with Crippen LogP contribution in [0.4, 0.5) is 0 Å². The standard InChI is InChI=1S/C15H24N4O/c1-11(13-10-19(5)17-12(13)2)16-9-14(18(3)4)15-7-6-8-20-15/h6-8,10-11,14,16H,9H2,1-5H3. The van der Waals surface area contributed by atoms with Gasteiger partial charge in [-0.2, -0.15) is 5.10 Å². The van der Waals surface area contributed by atoms with Crippen molar-refractivity contribution in [2.75, 3.05) is 20.6 Å². The first-order chi connectivity index (χ1) is 9.49. The first-order valence-electron chi connectivity index (χ1n) is 6.92. The SMILES string of the molecule is Cc1nn(C)cc1C(C)NCC(c1ccco1)N(C)C. The molecule has 0 bridgehead atoms. The maximum atomic E-state index is 5.52. The molecule has 0 aliphatic carbocycles. The Balaban J connectivity index is 2.01. The first kappa shape index (κ1) is 14.8. The van der Waals surface area contributed by atoms with Crippen molar-refractivity contribution in [2.45, 2.75) is 25.9 Å². The smallest absolute Gasteiger partial charge is 0.122 e. The van der Waals surface area contributed by atoms with Gasteiger partial charge in [0.05, 0.1) is 18.0 Å². The summed E-state index contributed by atoms with van der Waals surface area (Å²) < 4.78 is 7.38. The van der Waals surface area contributed by atoms with Crippen molar-refractivity contribution in [3.05, 3.63) is 41.6 Å². The third-order valence-electron chi connectivity index (χ3n) is 3.63. The van der Waals surface area contributed by atoms with Crippen LogP contribution in [0.3, 0.4) is 0 Å². The molecule has 0 aromatic carbocycles. The summed E-state index contributed by atoms with van der Waals surface area (Å²) in [7, 11) is 6.08. The van der Waals surface area contributed by atoms with Crippen LogP contribution in [0.15, 0.2) is 29.0 Å². The number of aryl methyl sites for hydroxylation is 2. The van der Waals surface area contributed by atoms with Crippen molar-refractivity contribution >= 4 is 0 Å². The summed E-state index contributed by atoms with van der Waals surface area (Å²) in [4.78, 5) is 2.16. The van der Waals surface area contributed by atoms with E-state index >= 15 is 0 Å². The lowest BCUT2D eigenvalue weighted by Gasteiger charge is -2.24. The highest BCUT2D eigenvalue weighted by Crippen LogP contribution is 2.20. The first-order valence-corrected chi connectivity index (χ1v) is 6.92. The zero-order valence-corrected chi connectivity index (χ0v) is 12.9. The van der Waals surface area contributed by atoms with E-state index in [2.05, 4.69) is 42.5 Å². The van der Waals surface area contributed by atoms with Crippen molar-refractivity contribution in [2.24, 2.45) is 7.05 Å². The number of likely N-dealkylation sites (N-methyl/N-ethyl adjacent to an activating group) is 1. The minimum atomic E-state index is 0.226. The highest BCUT2D eigenvalue weighted by Gasteiger charge is 2.19. The summed E-state index contributed by atoms with van der Waals surface area (Å²) >= 11 is 0. The maximum Gasteiger partial charge on any atom is 0.122 e. The molecular weight excluding hydrogens is 252 g/mol. The largest absolute Gasteiger partial charge is 0.468 e. The molecule has 0 saturated heterocycles. The lowest BCUT2D eigenvalue weighted by atomic mass is 10.1. The van der Waals surface area contributed by atoms with Crippen molar-refractivity contribution < 1.29 is 4.42 Å². The van der Waals surface area contributed by atoms with Gasteiger partial charge in [-0.3, -0.25) is 9.58 Å². The quantitative estimate of drug-likeness (QED) is 0.879. The topological polar surface area (TPSA) is 46.2 Å². The molecule has 2 atom stereocenters. The summed E-state index contributed by atoms with van der Waals surface area (Å²) in [6, 6.07) is 4.44. The molecule has 5 nitrogen and oxygen atoms in total. The fraction of sp³-hybridized carbons (Fsp3) is 0.533. The third kappa shape index (κ3) is 3.29. The molecule has 1 N–H and O–H groups in total. The molecule has 2 rings (SSSR count). The van der Waals surface area contributed by atoms with E-state index in [1.54, 1.807) is 6.26 Å². The van der Waals surface area contributed by atoms with Crippen LogP contribution in [0.5, 0.6) is 0 Å². The molecule has 0 saturated carbocycles. The molecule has 5 heteroatoms. The molecule has 0 aliphatic rings. The molecule has 0 radical (unpaired) electrons. The number of nitrogens with one attached hydrogen (secondary N) is 1. The Labute approximate surface area is 120 Å². The van der Waals surface area contributed by atoms with E-state index in [4.69, 9.17) is 4.42 Å². The van der Waals surface area contributed by atoms with Crippen molar-refractivity contribution in [3.63, 3.8) is 0 Å². The van der Waals surface area contributed by atoms with E-state index < -0.39 is 0 Å². The summed E-state index contributed by atoms with van der Waals surface area (Å²) in [5, 5.41) is 7.96. The van der Waals surface area contributed by atoms with Gasteiger partial charge in [0.15, 0.2) is 0 Å². The van der Waals surface area contributed by atoms with E-state index in [1.165, 1.54) is 5.56 Å². The Morgan fingerprint density at radius 2 is 2.20 bits per heavy atom. The number of furan rings is 1. The predicted molar refractivity (Wildman–Crippen MR) is 79.5 cm³/mol. The number of hydrogen-bond donors (Lipinski definition) is 1. The Hall–Kier alpha value is -1.59. The van der Waals surface area contributed by atoms with Gasteiger partial charge < -0.3 is 9.73 Å². The molecule has 2 heterocycles. The highest BCUT2D eigenvalue weighted by molar-refractivity contribution is 5.19. The lowest BCUT2D eigenvalue weighted by Crippen LogP contribution is -2.32. The van der Waals surface area contributed by atoms with Gasteiger partial charge in [-0.25, -0.2) is 0 Å². The molecule has 2 unspecified atom stereocenters. The van der Waals surface area contributed by atoms with Crippen LogP contribution in [0.25, 0.3) is 0 Å². The van der Waals surface area contributed by atoms with E-state index in [0.717, 1.165) is 18.0 Å². The zero-order valence-electron chi connectivity index (χ0n) is 12.9. The Bertz CT molecular complexity index is 530. The van der Waals surface area contributed by atoms with Crippen LogP contribution in [-0.2, 0) is 7.05 Å². The number of hydrogen-bond acceptors (Lipinski definition) is 4. The average molecular weight is 276 g/mol. The van der Waals surface area contributed by atoms with E-state index in [0.29, 0.717) is 0 Å². The van der Waals surface area contributed by atoms with Crippen molar-refractivity contribution in [1.82, 2.24) is 20.0 Å². The summed E-state index contributed by atoms with van der Waals surface area (Å²) in [5.41, 5.74) is 2.32. The second-order valence-corrected chi connectivity index (χ2v) is 5.47. The normalized spacial score (nSPS) is 14.7. The van der Waals surface area contributed by atoms with Crippen LogP contribution >= 0.6 is 0 Å². The summed E-state index contributed by atoms with van der Waals surface area (Å²) in [6.45, 7) is 5.04. The van der Waals surface area contributed by atoms with Gasteiger partial charge in [-0.1, -0.05) is 0 Å². The lowest BCUT2D eigenvalue weighted by molar-refractivity contribution is 0.245. The second-order valence-electron chi connectivity index (χ2n) is 5.47. The highest BCUT2D eigenvalue weighted by atomic mass is 16.3. The summed E-state index contributed by atoms with van der Waals surface area (Å²) in [5.74, 6) is 0.984. The zero-order chi connectivity index (χ0) is 14.7. The van der Waals surface area contributed by atoms with Gasteiger partial charge in [-0.05, 0) is 40.1 Å². The minimum Gasteiger partial charge on any atom is -0.468 e. The van der Waals surface area contributed by atoms with Gasteiger partial charge in [0.25, 0.3) is 0 Å². The monoisotopic (exact) mass is 276 g/mol. The number of aromatic nitrogens is 2. The molecule has 0 amide bonds. The van der Waals surface area contributed by atoms with Crippen molar-refractivity contribution in [1.29, 1.82) is 0 Å². The molecule has 2 aromatic heterocycles. The third-order valence-corrected chi connectivity index (χ3v) is 3.63. The van der Waals surface area contributed by atoms with Crippen LogP contribution in [-0.4, -0.2) is 35.3 Å². The van der Waals surface area contributed by atoms with Crippen LogP contribution < -0.4 is 5.32 Å². The molecule has 110 valence electrons. The molecule has 2 aromatic rings. The van der Waals surface area contributed by atoms with Gasteiger partial charge in [0.1, 0.15) is 5.76 Å². The second kappa shape index (κ2) is 6.24. The van der Waals surface area contributed by atoms with Crippen molar-refractivity contribution in [3.8, 4) is 0 Å². The predicted octanol–water partition coefficient (Wildman–Crippen LogP) is 2.28. The molecule has 20 heavy (non-hydrogen) atoms. The molecule has 0 spiro atoms. The van der Waals surface area contributed by atoms with Gasteiger partial charge in [-0.15, -0.1) is 0 Å². The number of nitrogens with zero attached hydrogens (tertiary/aromatic N) is 3. The van der Waals surface area contributed by atoms with Gasteiger partial charge >= 0.3 is 0 Å². The molecule has 0 fully saturated rings. The fourth-order valence-electron chi connectivity index (χ4n) is 2.46. The van der Waals surface area contributed by atoms with Crippen LogP contribution in [0.1, 0.15) is 36.0 Å². The molecule has 0 aliphatic heterocycles.